The zero-order valence-electron chi connectivity index (χ0n) is 10.6. The Morgan fingerprint density at radius 3 is 2.83 bits per heavy atom. The van der Waals surface area contributed by atoms with Gasteiger partial charge in [0.2, 0.25) is 5.76 Å². The number of hydrogen-bond donors (Lipinski definition) is 0. The third kappa shape index (κ3) is 2.30. The van der Waals surface area contributed by atoms with Crippen LogP contribution in [0.25, 0.3) is 11.7 Å². The minimum Gasteiger partial charge on any atom is -0.460 e. The number of hydrogen-bond acceptors (Lipinski definition) is 5. The molecule has 0 aliphatic rings. The monoisotopic (exact) mass is 249 g/mol. The molecule has 0 radical (unpaired) electrons. The van der Waals surface area contributed by atoms with E-state index in [4.69, 9.17) is 13.6 Å². The van der Waals surface area contributed by atoms with Crippen molar-refractivity contribution in [2.75, 3.05) is 6.61 Å². The van der Waals surface area contributed by atoms with E-state index in [1.54, 1.807) is 19.1 Å². The number of ether oxygens (including phenoxy) is 1. The zero-order chi connectivity index (χ0) is 13.1. The fraction of sp³-hybridized carbons (Fsp3) is 0.385. The third-order valence-electron chi connectivity index (χ3n) is 2.39. The van der Waals surface area contributed by atoms with Gasteiger partial charge in [0.15, 0.2) is 5.76 Å². The first-order chi connectivity index (χ1) is 8.63. The van der Waals surface area contributed by atoms with Crippen LogP contribution in [-0.4, -0.2) is 17.6 Å². The SMILES string of the molecule is CCOC(=O)c1oc(-c2ccco2)nc1C(C)C. The van der Waals surface area contributed by atoms with Crippen molar-refractivity contribution >= 4 is 5.97 Å². The van der Waals surface area contributed by atoms with Gasteiger partial charge in [-0.3, -0.25) is 0 Å². The van der Waals surface area contributed by atoms with E-state index in [0.29, 0.717) is 24.0 Å². The minimum atomic E-state index is -0.494. The molecular formula is C13H15NO4. The summed E-state index contributed by atoms with van der Waals surface area (Å²) in [6, 6.07) is 3.46. The Bertz CT molecular complexity index is 525. The van der Waals surface area contributed by atoms with Crippen LogP contribution in [0.5, 0.6) is 0 Å². The normalized spacial score (nSPS) is 10.9. The second kappa shape index (κ2) is 5.08. The van der Waals surface area contributed by atoms with Crippen LogP contribution >= 0.6 is 0 Å². The van der Waals surface area contributed by atoms with E-state index in [2.05, 4.69) is 4.98 Å². The molecule has 5 heteroatoms. The molecule has 2 aromatic rings. The summed E-state index contributed by atoms with van der Waals surface area (Å²) in [7, 11) is 0. The van der Waals surface area contributed by atoms with Crippen LogP contribution in [0, 0.1) is 0 Å². The number of rotatable bonds is 4. The number of furan rings is 1. The van der Waals surface area contributed by atoms with Gasteiger partial charge < -0.3 is 13.6 Å². The Morgan fingerprint density at radius 2 is 2.28 bits per heavy atom. The van der Waals surface area contributed by atoms with E-state index in [1.807, 2.05) is 13.8 Å². The molecule has 0 atom stereocenters. The van der Waals surface area contributed by atoms with Crippen molar-refractivity contribution in [2.45, 2.75) is 26.7 Å². The quantitative estimate of drug-likeness (QED) is 0.778. The van der Waals surface area contributed by atoms with Crippen molar-refractivity contribution < 1.29 is 18.4 Å². The van der Waals surface area contributed by atoms with E-state index in [-0.39, 0.29) is 11.7 Å². The molecule has 0 amide bonds. The van der Waals surface area contributed by atoms with Crippen LogP contribution < -0.4 is 0 Å². The Kier molecular flexibility index (Phi) is 3.50. The van der Waals surface area contributed by atoms with Crippen molar-refractivity contribution in [3.05, 3.63) is 29.9 Å². The maximum absolute atomic E-state index is 11.8. The largest absolute Gasteiger partial charge is 0.460 e. The lowest BCUT2D eigenvalue weighted by Gasteiger charge is -2.02. The van der Waals surface area contributed by atoms with Gasteiger partial charge in [-0.2, -0.15) is 0 Å². The summed E-state index contributed by atoms with van der Waals surface area (Å²) < 4.78 is 15.6. The summed E-state index contributed by atoms with van der Waals surface area (Å²) in [4.78, 5) is 16.1. The van der Waals surface area contributed by atoms with Crippen LogP contribution in [0.1, 0.15) is 42.9 Å². The number of carbonyl (C=O) groups is 1. The lowest BCUT2D eigenvalue weighted by Crippen LogP contribution is -2.07. The molecule has 18 heavy (non-hydrogen) atoms. The van der Waals surface area contributed by atoms with Crippen LogP contribution in [0.3, 0.4) is 0 Å². The predicted octanol–water partition coefficient (Wildman–Crippen LogP) is 3.23. The van der Waals surface area contributed by atoms with Crippen LogP contribution in [0.15, 0.2) is 27.2 Å². The van der Waals surface area contributed by atoms with Gasteiger partial charge in [-0.15, -0.1) is 0 Å². The second-order valence-corrected chi connectivity index (χ2v) is 4.09. The standard InChI is InChI=1S/C13H15NO4/c1-4-16-13(15)11-10(8(2)3)14-12(18-11)9-6-5-7-17-9/h5-8H,4H2,1-3H3. The molecular weight excluding hydrogens is 234 g/mol. The Morgan fingerprint density at radius 1 is 1.50 bits per heavy atom. The molecule has 5 nitrogen and oxygen atoms in total. The Hall–Kier alpha value is -2.04. The molecule has 0 fully saturated rings. The first-order valence-electron chi connectivity index (χ1n) is 5.85. The molecule has 0 saturated carbocycles. The van der Waals surface area contributed by atoms with Gasteiger partial charge in [0.05, 0.1) is 18.6 Å². The van der Waals surface area contributed by atoms with Crippen molar-refractivity contribution in [2.24, 2.45) is 0 Å². The average molecular weight is 249 g/mol. The highest BCUT2D eigenvalue weighted by Crippen LogP contribution is 2.27. The van der Waals surface area contributed by atoms with Crippen molar-refractivity contribution in [1.29, 1.82) is 0 Å². The van der Waals surface area contributed by atoms with Gasteiger partial charge in [-0.05, 0) is 25.0 Å². The topological polar surface area (TPSA) is 65.5 Å². The summed E-state index contributed by atoms with van der Waals surface area (Å²) in [5.41, 5.74) is 0.583. The lowest BCUT2D eigenvalue weighted by molar-refractivity contribution is 0.0488. The number of carbonyl (C=O) groups excluding carboxylic acids is 1. The van der Waals surface area contributed by atoms with Gasteiger partial charge in [0.25, 0.3) is 5.89 Å². The molecule has 2 rings (SSSR count). The molecule has 0 spiro atoms. The van der Waals surface area contributed by atoms with Gasteiger partial charge in [0, 0.05) is 0 Å². The fourth-order valence-corrected chi connectivity index (χ4v) is 1.57. The highest BCUT2D eigenvalue weighted by molar-refractivity contribution is 5.88. The highest BCUT2D eigenvalue weighted by atomic mass is 16.5. The number of oxazole rings is 1. The van der Waals surface area contributed by atoms with Gasteiger partial charge >= 0.3 is 5.97 Å². The summed E-state index contributed by atoms with van der Waals surface area (Å²) >= 11 is 0. The Balaban J connectivity index is 2.42. The molecule has 0 aromatic carbocycles. The lowest BCUT2D eigenvalue weighted by atomic mass is 10.1. The smallest absolute Gasteiger partial charge is 0.376 e. The third-order valence-corrected chi connectivity index (χ3v) is 2.39. The maximum Gasteiger partial charge on any atom is 0.376 e. The summed E-state index contributed by atoms with van der Waals surface area (Å²) in [5.74, 6) is 0.515. The van der Waals surface area contributed by atoms with Gasteiger partial charge in [-0.1, -0.05) is 13.8 Å². The molecule has 0 bridgehead atoms. The fourth-order valence-electron chi connectivity index (χ4n) is 1.57. The zero-order valence-corrected chi connectivity index (χ0v) is 10.6. The average Bonchev–Trinajstić information content (AvgIpc) is 2.98. The second-order valence-electron chi connectivity index (χ2n) is 4.09. The van der Waals surface area contributed by atoms with Gasteiger partial charge in [0.1, 0.15) is 0 Å². The minimum absolute atomic E-state index is 0.0665. The summed E-state index contributed by atoms with van der Waals surface area (Å²) in [6.07, 6.45) is 1.53. The summed E-state index contributed by atoms with van der Waals surface area (Å²) in [5, 5.41) is 0. The van der Waals surface area contributed by atoms with Crippen molar-refractivity contribution in [3.8, 4) is 11.7 Å². The summed E-state index contributed by atoms with van der Waals surface area (Å²) in [6.45, 7) is 5.92. The number of aromatic nitrogens is 1. The van der Waals surface area contributed by atoms with E-state index in [1.165, 1.54) is 6.26 Å². The van der Waals surface area contributed by atoms with Crippen LogP contribution in [-0.2, 0) is 4.74 Å². The van der Waals surface area contributed by atoms with E-state index in [9.17, 15) is 4.79 Å². The number of nitrogens with zero attached hydrogens (tertiary/aromatic N) is 1. The molecule has 0 N–H and O–H groups in total. The number of esters is 1. The molecule has 0 aliphatic carbocycles. The van der Waals surface area contributed by atoms with E-state index < -0.39 is 5.97 Å². The van der Waals surface area contributed by atoms with Crippen molar-refractivity contribution in [1.82, 2.24) is 4.98 Å². The molecule has 0 unspecified atom stereocenters. The van der Waals surface area contributed by atoms with Crippen LogP contribution in [0.2, 0.25) is 0 Å². The molecule has 96 valence electrons. The van der Waals surface area contributed by atoms with E-state index >= 15 is 0 Å². The van der Waals surface area contributed by atoms with E-state index in [0.717, 1.165) is 0 Å². The molecule has 0 saturated heterocycles. The molecule has 2 heterocycles. The predicted molar refractivity (Wildman–Crippen MR) is 64.3 cm³/mol. The first-order valence-corrected chi connectivity index (χ1v) is 5.85. The molecule has 2 aromatic heterocycles. The van der Waals surface area contributed by atoms with Gasteiger partial charge in [-0.25, -0.2) is 9.78 Å². The van der Waals surface area contributed by atoms with Crippen LogP contribution in [0.4, 0.5) is 0 Å². The maximum atomic E-state index is 11.8. The highest BCUT2D eigenvalue weighted by Gasteiger charge is 2.24. The Labute approximate surface area is 105 Å². The molecule has 0 aliphatic heterocycles. The first kappa shape index (κ1) is 12.4. The van der Waals surface area contributed by atoms with Crippen molar-refractivity contribution in [3.63, 3.8) is 0 Å².